The molecule has 2 aromatic heterocycles. The zero-order chi connectivity index (χ0) is 17.8. The molecule has 11 heteroatoms. The van der Waals surface area contributed by atoms with E-state index in [1.54, 1.807) is 0 Å². The van der Waals surface area contributed by atoms with Crippen LogP contribution < -0.4 is 10.9 Å². The van der Waals surface area contributed by atoms with E-state index in [4.69, 9.17) is 36.8 Å². The Balaban J connectivity index is 0.000000360. The van der Waals surface area contributed by atoms with Crippen molar-refractivity contribution in [2.24, 2.45) is 0 Å². The molecule has 2 aromatic rings. The predicted octanol–water partition coefficient (Wildman–Crippen LogP) is -1.28. The Kier molecular flexibility index (Phi) is 10.2. The zero-order valence-electron chi connectivity index (χ0n) is 11.4. The number of aliphatic hydroxyl groups excluding tert-OH is 2. The van der Waals surface area contributed by atoms with Gasteiger partial charge >= 0.3 is 36.1 Å². The Labute approximate surface area is 136 Å². The van der Waals surface area contributed by atoms with Gasteiger partial charge in [0, 0.05) is 0 Å². The third-order valence-electron chi connectivity index (χ3n) is 2.08. The number of aromatic hydroxyl groups is 2. The second-order valence-electron chi connectivity index (χ2n) is 3.62. The molecule has 10 nitrogen and oxygen atoms in total. The van der Waals surface area contributed by atoms with Gasteiger partial charge in [-0.3, -0.25) is 9.59 Å². The molecule has 0 amide bonds. The normalized spacial score (nSPS) is 8.96. The van der Waals surface area contributed by atoms with Crippen molar-refractivity contribution in [1.29, 1.82) is 0 Å². The van der Waals surface area contributed by atoms with Crippen LogP contribution in [0.25, 0.3) is 0 Å². The van der Waals surface area contributed by atoms with Crippen LogP contribution in [0.4, 0.5) is 0 Å². The molecular formula is C12H14MoO10+2. The standard InChI is InChI=1S/2C6H6O4.Mo.2O/c2*7-2-4-1-5(8)6(9)3-10-4;;;/h2*1,3,7,9H,2H2;;;/p+2. The third-order valence-corrected chi connectivity index (χ3v) is 2.08. The Hall–Kier alpha value is -2.29. The molecule has 0 radical (unpaired) electrons. The van der Waals surface area contributed by atoms with Crippen molar-refractivity contribution in [3.8, 4) is 11.5 Å². The minimum absolute atomic E-state index is 0.204. The van der Waals surface area contributed by atoms with E-state index >= 15 is 0 Å². The van der Waals surface area contributed by atoms with E-state index < -0.39 is 18.5 Å². The van der Waals surface area contributed by atoms with Crippen molar-refractivity contribution in [2.45, 2.75) is 13.2 Å². The Bertz CT molecular complexity index is 697. The van der Waals surface area contributed by atoms with Crippen LogP contribution in [0.5, 0.6) is 11.5 Å². The molecule has 0 bridgehead atoms. The molecule has 6 N–H and O–H groups in total. The van der Waals surface area contributed by atoms with Crippen LogP contribution in [0.15, 0.2) is 33.5 Å². The first-order valence-corrected chi connectivity index (χ1v) is 7.32. The van der Waals surface area contributed by atoms with Crippen LogP contribution in [0, 0.1) is 0 Å². The molecule has 0 aromatic carbocycles. The predicted molar refractivity (Wildman–Crippen MR) is 64.1 cm³/mol. The van der Waals surface area contributed by atoms with Crippen molar-refractivity contribution in [3.05, 3.63) is 47.0 Å². The molecule has 2 heterocycles. The van der Waals surface area contributed by atoms with E-state index in [9.17, 15) is 0 Å². The Morgan fingerprint density at radius 1 is 0.870 bits per heavy atom. The molecule has 0 aliphatic rings. The molecule has 23 heavy (non-hydrogen) atoms. The SMILES string of the molecule is OCc1cc(=[OH+])c(O)co1.OCc1cc(=[OH+])c(O)co1.[O]=[Mo]=[O]. The van der Waals surface area contributed by atoms with Crippen molar-refractivity contribution in [3.63, 3.8) is 0 Å². The van der Waals surface area contributed by atoms with Gasteiger partial charge in [-0.25, -0.2) is 0 Å². The summed E-state index contributed by atoms with van der Waals surface area (Å²) in [5.74, 6) is -0.264. The first-order chi connectivity index (χ1) is 10.9. The number of rotatable bonds is 2. The second kappa shape index (κ2) is 11.3. The monoisotopic (exact) mass is 416 g/mol. The van der Waals surface area contributed by atoms with Gasteiger partial charge in [-0.2, -0.15) is 0 Å². The fraction of sp³-hybridized carbons (Fsp3) is 0.167. The quantitative estimate of drug-likeness (QED) is 0.346. The van der Waals surface area contributed by atoms with Gasteiger partial charge in [0.1, 0.15) is 37.3 Å². The summed E-state index contributed by atoms with van der Waals surface area (Å²) in [6.07, 6.45) is 1.92. The molecule has 0 saturated heterocycles. The Morgan fingerprint density at radius 3 is 1.39 bits per heavy atom. The van der Waals surface area contributed by atoms with Crippen molar-refractivity contribution < 1.29 is 64.1 Å². The fourth-order valence-electron chi connectivity index (χ4n) is 1.07. The minimum atomic E-state index is -2.03. The molecule has 0 saturated carbocycles. The molecule has 0 aliphatic heterocycles. The van der Waals surface area contributed by atoms with E-state index in [0.717, 1.165) is 24.7 Å². The summed E-state index contributed by atoms with van der Waals surface area (Å²) in [6, 6.07) is 2.30. The number of aliphatic hydroxyl groups is 2. The molecule has 0 unspecified atom stereocenters. The van der Waals surface area contributed by atoms with Crippen LogP contribution in [0.1, 0.15) is 11.5 Å². The van der Waals surface area contributed by atoms with Gasteiger partial charge in [-0.1, -0.05) is 0 Å². The average Bonchev–Trinajstić information content (AvgIpc) is 2.54. The molecule has 0 fully saturated rings. The van der Waals surface area contributed by atoms with Gasteiger partial charge in [-0.05, 0) is 0 Å². The molecule has 0 spiro atoms. The van der Waals surface area contributed by atoms with Gasteiger partial charge in [-0.15, -0.1) is 0 Å². The maximum atomic E-state index is 8.81. The van der Waals surface area contributed by atoms with Crippen LogP contribution >= 0.6 is 0 Å². The van der Waals surface area contributed by atoms with Crippen LogP contribution in [0.3, 0.4) is 0 Å². The fourth-order valence-corrected chi connectivity index (χ4v) is 1.07. The first-order valence-electron chi connectivity index (χ1n) is 5.68. The van der Waals surface area contributed by atoms with Crippen LogP contribution in [-0.4, -0.2) is 30.0 Å². The van der Waals surface area contributed by atoms with E-state index in [-0.39, 0.29) is 47.1 Å². The number of hydrogen-bond donors (Lipinski definition) is 4. The topological polar surface area (TPSA) is 184 Å². The van der Waals surface area contributed by atoms with Gasteiger partial charge in [0.05, 0.1) is 12.1 Å². The van der Waals surface area contributed by atoms with Crippen LogP contribution in [-0.2, 0) is 38.5 Å². The van der Waals surface area contributed by atoms with Gasteiger partial charge < -0.3 is 29.3 Å². The third kappa shape index (κ3) is 8.05. The summed E-state index contributed by atoms with van der Waals surface area (Å²) in [7, 11) is 0. The summed E-state index contributed by atoms with van der Waals surface area (Å²) in [5, 5.41) is 34.4. The number of hydrogen-bond acceptors (Lipinski definition) is 8. The summed E-state index contributed by atoms with van der Waals surface area (Å²) in [5.41, 5.74) is -0.592. The summed E-state index contributed by atoms with van der Waals surface area (Å²) in [6.45, 7) is -0.596. The summed E-state index contributed by atoms with van der Waals surface area (Å²) < 4.78 is 26.3. The first kappa shape index (κ1) is 20.7. The molecular weight excluding hydrogens is 400 g/mol. The van der Waals surface area contributed by atoms with Crippen molar-refractivity contribution in [2.75, 3.05) is 0 Å². The average molecular weight is 414 g/mol. The van der Waals surface area contributed by atoms with Crippen molar-refractivity contribution >= 4 is 0 Å². The molecule has 126 valence electrons. The molecule has 0 aliphatic carbocycles. The zero-order valence-corrected chi connectivity index (χ0v) is 13.5. The second-order valence-corrected chi connectivity index (χ2v) is 3.95. The van der Waals surface area contributed by atoms with E-state index in [1.165, 1.54) is 0 Å². The van der Waals surface area contributed by atoms with Gasteiger partial charge in [0.2, 0.25) is 0 Å². The molecule has 2 rings (SSSR count). The summed E-state index contributed by atoms with van der Waals surface area (Å²) >= 11 is -2.03. The Morgan fingerprint density at radius 2 is 1.17 bits per heavy atom. The van der Waals surface area contributed by atoms with E-state index in [1.807, 2.05) is 0 Å². The maximum absolute atomic E-state index is 8.81. The van der Waals surface area contributed by atoms with E-state index in [2.05, 4.69) is 8.83 Å². The van der Waals surface area contributed by atoms with Crippen molar-refractivity contribution in [1.82, 2.24) is 0 Å². The van der Waals surface area contributed by atoms with Gasteiger partial charge in [0.15, 0.2) is 0 Å². The molecule has 0 atom stereocenters. The van der Waals surface area contributed by atoms with Crippen LogP contribution in [0.2, 0.25) is 0 Å². The summed E-state index contributed by atoms with van der Waals surface area (Å²) in [4.78, 5) is 17.6. The van der Waals surface area contributed by atoms with Gasteiger partial charge in [0.25, 0.3) is 11.5 Å². The van der Waals surface area contributed by atoms with E-state index in [0.29, 0.717) is 0 Å².